The zero-order chi connectivity index (χ0) is 26.5. The smallest absolute Gasteiger partial charge is 0.344 e. The standard InChI is InChI=1S/C30H42N4O4/c1-21(32-38-20-28(35)36)29-30(37)34(27-17-10-9-16-26(27)31-29)25-18-23-14-11-15-24(19-25)33(23)22-12-7-5-3-2-4-6-8-13-22/h9-10,16-17,22-25H,2-8,11-15,18-20H2,1H3,(H,35,36)/b32-21+/t23-,24+,25+. The number of hydrogen-bond acceptors (Lipinski definition) is 6. The van der Waals surface area contributed by atoms with E-state index in [1.807, 2.05) is 28.8 Å². The molecule has 5 rings (SSSR count). The van der Waals surface area contributed by atoms with Crippen LogP contribution in [-0.2, 0) is 9.63 Å². The van der Waals surface area contributed by atoms with Crippen molar-refractivity contribution in [3.63, 3.8) is 0 Å². The zero-order valence-corrected chi connectivity index (χ0v) is 22.7. The van der Waals surface area contributed by atoms with Crippen LogP contribution in [-0.4, -0.2) is 56.0 Å². The number of piperidine rings is 2. The molecule has 3 aliphatic rings. The van der Waals surface area contributed by atoms with Gasteiger partial charge in [-0.15, -0.1) is 0 Å². The van der Waals surface area contributed by atoms with Gasteiger partial charge in [0.05, 0.1) is 11.0 Å². The van der Waals surface area contributed by atoms with E-state index in [4.69, 9.17) is 9.94 Å². The molecule has 0 radical (unpaired) electrons. The fraction of sp³-hybridized carbons (Fsp3) is 0.667. The number of hydrogen-bond donors (Lipinski definition) is 1. The van der Waals surface area contributed by atoms with E-state index in [0.717, 1.165) is 23.9 Å². The van der Waals surface area contributed by atoms with Gasteiger partial charge in [-0.1, -0.05) is 68.7 Å². The Morgan fingerprint density at radius 2 is 1.53 bits per heavy atom. The molecule has 206 valence electrons. The maximum atomic E-state index is 13.9. The van der Waals surface area contributed by atoms with E-state index in [1.54, 1.807) is 6.92 Å². The molecular weight excluding hydrogens is 480 g/mol. The Kier molecular flexibility index (Phi) is 8.77. The van der Waals surface area contributed by atoms with E-state index in [1.165, 1.54) is 77.0 Å². The van der Waals surface area contributed by atoms with Crippen molar-refractivity contribution in [3.8, 4) is 0 Å². The molecule has 1 aromatic carbocycles. The molecule has 38 heavy (non-hydrogen) atoms. The average Bonchev–Trinajstić information content (AvgIpc) is 2.90. The first-order valence-electron chi connectivity index (χ1n) is 14.7. The first-order valence-corrected chi connectivity index (χ1v) is 14.7. The number of aromatic nitrogens is 2. The highest BCUT2D eigenvalue weighted by atomic mass is 16.6. The predicted molar refractivity (Wildman–Crippen MR) is 149 cm³/mol. The average molecular weight is 523 g/mol. The molecule has 1 N–H and O–H groups in total. The summed E-state index contributed by atoms with van der Waals surface area (Å²) in [6.07, 6.45) is 17.8. The number of para-hydroxylation sites is 2. The monoisotopic (exact) mass is 522 g/mol. The van der Waals surface area contributed by atoms with Crippen molar-refractivity contribution in [2.45, 2.75) is 121 Å². The highest BCUT2D eigenvalue weighted by Crippen LogP contribution is 2.42. The van der Waals surface area contributed by atoms with Gasteiger partial charge in [-0.3, -0.25) is 9.69 Å². The molecule has 0 amide bonds. The summed E-state index contributed by atoms with van der Waals surface area (Å²) in [6, 6.07) is 9.61. The third-order valence-electron chi connectivity index (χ3n) is 8.89. The van der Waals surface area contributed by atoms with Gasteiger partial charge in [-0.25, -0.2) is 9.78 Å². The summed E-state index contributed by atoms with van der Waals surface area (Å²) in [5.74, 6) is -1.11. The van der Waals surface area contributed by atoms with Crippen molar-refractivity contribution in [3.05, 3.63) is 40.3 Å². The Bertz CT molecular complexity index is 1180. The molecule has 3 heterocycles. The first-order chi connectivity index (χ1) is 18.5. The molecule has 0 unspecified atom stereocenters. The Labute approximate surface area is 225 Å². The summed E-state index contributed by atoms with van der Waals surface area (Å²) in [7, 11) is 0. The van der Waals surface area contributed by atoms with E-state index in [2.05, 4.69) is 15.0 Å². The lowest BCUT2D eigenvalue weighted by Crippen LogP contribution is -2.57. The highest BCUT2D eigenvalue weighted by molar-refractivity contribution is 5.97. The lowest BCUT2D eigenvalue weighted by Gasteiger charge is -2.53. The number of carboxylic acid groups (broad SMARTS) is 1. The van der Waals surface area contributed by atoms with E-state index in [0.29, 0.717) is 23.8 Å². The second-order valence-electron chi connectivity index (χ2n) is 11.5. The molecule has 2 bridgehead atoms. The van der Waals surface area contributed by atoms with Gasteiger partial charge < -0.3 is 14.5 Å². The predicted octanol–water partition coefficient (Wildman–Crippen LogP) is 5.67. The van der Waals surface area contributed by atoms with Crippen LogP contribution in [0.2, 0.25) is 0 Å². The summed E-state index contributed by atoms with van der Waals surface area (Å²) in [4.78, 5) is 37.2. The molecule has 3 fully saturated rings. The van der Waals surface area contributed by atoms with Gasteiger partial charge in [0.1, 0.15) is 5.71 Å². The molecule has 1 aromatic heterocycles. The van der Waals surface area contributed by atoms with E-state index in [9.17, 15) is 9.59 Å². The molecule has 3 atom stereocenters. The van der Waals surface area contributed by atoms with Crippen molar-refractivity contribution >= 4 is 22.7 Å². The molecule has 8 nitrogen and oxygen atoms in total. The maximum Gasteiger partial charge on any atom is 0.344 e. The topological polar surface area (TPSA) is 97.0 Å². The Morgan fingerprint density at radius 1 is 0.921 bits per heavy atom. The summed E-state index contributed by atoms with van der Waals surface area (Å²) < 4.78 is 1.96. The molecular formula is C30H42N4O4. The van der Waals surface area contributed by atoms with Crippen molar-refractivity contribution < 1.29 is 14.7 Å². The number of benzene rings is 1. The van der Waals surface area contributed by atoms with Crippen LogP contribution in [0.3, 0.4) is 0 Å². The molecule has 2 aromatic rings. The van der Waals surface area contributed by atoms with Crippen LogP contribution in [0.1, 0.15) is 109 Å². The third-order valence-corrected chi connectivity index (χ3v) is 8.89. The largest absolute Gasteiger partial charge is 0.479 e. The summed E-state index contributed by atoms with van der Waals surface area (Å²) in [5, 5.41) is 12.8. The summed E-state index contributed by atoms with van der Waals surface area (Å²) in [5.41, 5.74) is 1.97. The van der Waals surface area contributed by atoms with Gasteiger partial charge in [0.2, 0.25) is 6.61 Å². The van der Waals surface area contributed by atoms with Crippen molar-refractivity contribution in [1.82, 2.24) is 14.5 Å². The van der Waals surface area contributed by atoms with E-state index < -0.39 is 12.6 Å². The fourth-order valence-electron chi connectivity index (χ4n) is 7.26. The summed E-state index contributed by atoms with van der Waals surface area (Å²) >= 11 is 0. The number of carboxylic acids is 1. The van der Waals surface area contributed by atoms with Crippen LogP contribution in [0.25, 0.3) is 11.0 Å². The summed E-state index contributed by atoms with van der Waals surface area (Å²) in [6.45, 7) is 1.10. The lowest BCUT2D eigenvalue weighted by molar-refractivity contribution is -0.142. The van der Waals surface area contributed by atoms with Crippen LogP contribution >= 0.6 is 0 Å². The number of nitrogens with zero attached hydrogens (tertiary/aromatic N) is 4. The van der Waals surface area contributed by atoms with Crippen LogP contribution in [0, 0.1) is 0 Å². The fourth-order valence-corrected chi connectivity index (χ4v) is 7.26. The Balaban J connectivity index is 1.45. The number of carbonyl (C=O) groups is 1. The second-order valence-corrected chi connectivity index (χ2v) is 11.5. The van der Waals surface area contributed by atoms with Crippen LogP contribution in [0.15, 0.2) is 34.2 Å². The second kappa shape index (κ2) is 12.4. The molecule has 2 saturated heterocycles. The van der Waals surface area contributed by atoms with E-state index >= 15 is 0 Å². The van der Waals surface area contributed by atoms with Gasteiger partial charge >= 0.3 is 5.97 Å². The van der Waals surface area contributed by atoms with Crippen molar-refractivity contribution in [2.75, 3.05) is 6.61 Å². The minimum atomic E-state index is -1.11. The van der Waals surface area contributed by atoms with Crippen molar-refractivity contribution in [2.24, 2.45) is 5.16 Å². The first kappa shape index (κ1) is 26.9. The molecule has 0 spiro atoms. The van der Waals surface area contributed by atoms with Crippen molar-refractivity contribution in [1.29, 1.82) is 0 Å². The zero-order valence-electron chi connectivity index (χ0n) is 22.7. The Morgan fingerprint density at radius 3 is 2.18 bits per heavy atom. The lowest BCUT2D eigenvalue weighted by atomic mass is 9.79. The van der Waals surface area contributed by atoms with Crippen LogP contribution in [0.4, 0.5) is 0 Å². The SMILES string of the molecule is C/C(=N\OCC(=O)O)c1nc2ccccc2n([C@H]2C[C@H]3CCC[C@@H](C2)N3C2CCCCCCCCC2)c1=O. The number of fused-ring (bicyclic) bond motifs is 3. The molecule has 1 aliphatic carbocycles. The number of aliphatic carboxylic acids is 1. The van der Waals surface area contributed by atoms with Gasteiger partial charge in [0.25, 0.3) is 5.56 Å². The van der Waals surface area contributed by atoms with Crippen LogP contribution in [0.5, 0.6) is 0 Å². The number of rotatable bonds is 6. The molecule has 2 aliphatic heterocycles. The maximum absolute atomic E-state index is 13.9. The Hall–Kier alpha value is -2.74. The quantitative estimate of drug-likeness (QED) is 0.388. The van der Waals surface area contributed by atoms with E-state index in [-0.39, 0.29) is 17.3 Å². The number of oxime groups is 1. The highest BCUT2D eigenvalue weighted by Gasteiger charge is 2.42. The minimum Gasteiger partial charge on any atom is -0.479 e. The van der Waals surface area contributed by atoms with Crippen LogP contribution < -0.4 is 5.56 Å². The van der Waals surface area contributed by atoms with Gasteiger partial charge in [-0.05, 0) is 57.6 Å². The van der Waals surface area contributed by atoms with Gasteiger partial charge in [0, 0.05) is 24.2 Å². The normalized spacial score (nSPS) is 26.2. The molecule has 1 saturated carbocycles. The third kappa shape index (κ3) is 5.95. The van der Waals surface area contributed by atoms with Gasteiger partial charge in [0.15, 0.2) is 5.69 Å². The van der Waals surface area contributed by atoms with Gasteiger partial charge in [-0.2, -0.15) is 0 Å². The minimum absolute atomic E-state index is 0.105. The molecule has 8 heteroatoms.